The summed E-state index contributed by atoms with van der Waals surface area (Å²) in [6, 6.07) is 8.22. The molecule has 1 fully saturated rings. The summed E-state index contributed by atoms with van der Waals surface area (Å²) in [7, 11) is 0. The van der Waals surface area contributed by atoms with Crippen LogP contribution in [0.2, 0.25) is 0 Å². The summed E-state index contributed by atoms with van der Waals surface area (Å²) in [5, 5.41) is 10.0. The van der Waals surface area contributed by atoms with Gasteiger partial charge in [0.05, 0.1) is 12.1 Å². The number of rotatable bonds is 2. The molecule has 0 unspecified atom stereocenters. The lowest BCUT2D eigenvalue weighted by Crippen LogP contribution is -2.33. The molecule has 1 amide bonds. The van der Waals surface area contributed by atoms with E-state index in [4.69, 9.17) is 0 Å². The van der Waals surface area contributed by atoms with Gasteiger partial charge in [-0.3, -0.25) is 9.20 Å². The second-order valence-corrected chi connectivity index (χ2v) is 6.10. The van der Waals surface area contributed by atoms with Gasteiger partial charge in [0.15, 0.2) is 11.6 Å². The average Bonchev–Trinajstić information content (AvgIpc) is 3.22. The van der Waals surface area contributed by atoms with Crippen molar-refractivity contribution in [2.45, 2.75) is 18.6 Å². The van der Waals surface area contributed by atoms with Crippen molar-refractivity contribution in [3.05, 3.63) is 71.7 Å². The molecule has 2 aromatic heterocycles. The fourth-order valence-corrected chi connectivity index (χ4v) is 3.34. The molecule has 128 valence electrons. The molecule has 3 aromatic rings. The Labute approximate surface area is 142 Å². The molecule has 2 atom stereocenters. The zero-order chi connectivity index (χ0) is 17.6. The van der Waals surface area contributed by atoms with Crippen LogP contribution in [0, 0.1) is 11.6 Å². The summed E-state index contributed by atoms with van der Waals surface area (Å²) >= 11 is 0. The number of fused-ring (bicyclic) bond motifs is 1. The van der Waals surface area contributed by atoms with E-state index >= 15 is 0 Å². The van der Waals surface area contributed by atoms with Crippen LogP contribution in [0.4, 0.5) is 8.78 Å². The lowest BCUT2D eigenvalue weighted by atomic mass is 10.0. The summed E-state index contributed by atoms with van der Waals surface area (Å²) in [6.07, 6.45) is 2.83. The molecular weight excluding hydrogens is 328 g/mol. The van der Waals surface area contributed by atoms with E-state index in [0.717, 1.165) is 12.1 Å². The Morgan fingerprint density at radius 1 is 1.20 bits per heavy atom. The first-order valence-corrected chi connectivity index (χ1v) is 7.90. The molecule has 0 spiro atoms. The minimum atomic E-state index is -0.969. The molecule has 7 heteroatoms. The number of aliphatic hydroxyl groups is 1. The monoisotopic (exact) mass is 343 g/mol. The van der Waals surface area contributed by atoms with Crippen LogP contribution < -0.4 is 0 Å². The predicted octanol–water partition coefficient (Wildman–Crippen LogP) is 2.56. The van der Waals surface area contributed by atoms with E-state index in [2.05, 4.69) is 4.98 Å². The minimum Gasteiger partial charge on any atom is -0.391 e. The van der Waals surface area contributed by atoms with Crippen molar-refractivity contribution in [3.63, 3.8) is 0 Å². The Kier molecular flexibility index (Phi) is 3.73. The number of imidazole rings is 1. The van der Waals surface area contributed by atoms with Crippen molar-refractivity contribution in [1.29, 1.82) is 0 Å². The highest BCUT2D eigenvalue weighted by Gasteiger charge is 2.36. The molecule has 1 aliphatic rings. The van der Waals surface area contributed by atoms with Gasteiger partial charge in [-0.2, -0.15) is 0 Å². The molecule has 0 saturated carbocycles. The van der Waals surface area contributed by atoms with Gasteiger partial charge in [-0.1, -0.05) is 12.1 Å². The maximum atomic E-state index is 13.6. The third kappa shape index (κ3) is 2.66. The standard InChI is InChI=1S/C18H15F2N3O2/c19-13-5-4-11(8-14(13)20)16-9-12(24)10-23(16)18(25)15-2-1-3-17-21-6-7-22(15)17/h1-8,12,16,24H,9-10H2/t12-,16-/m0/s1. The van der Waals surface area contributed by atoms with Crippen LogP contribution in [0.25, 0.3) is 5.65 Å². The van der Waals surface area contributed by atoms with Crippen LogP contribution in [0.1, 0.15) is 28.5 Å². The quantitative estimate of drug-likeness (QED) is 0.778. The number of aromatic nitrogens is 2. The van der Waals surface area contributed by atoms with Crippen molar-refractivity contribution in [2.24, 2.45) is 0 Å². The summed E-state index contributed by atoms with van der Waals surface area (Å²) in [6.45, 7) is 0.133. The molecule has 3 heterocycles. The molecule has 1 saturated heterocycles. The van der Waals surface area contributed by atoms with E-state index in [1.165, 1.54) is 11.0 Å². The Morgan fingerprint density at radius 2 is 2.04 bits per heavy atom. The number of aliphatic hydroxyl groups excluding tert-OH is 1. The number of pyridine rings is 1. The normalized spacial score (nSPS) is 20.4. The fraction of sp³-hybridized carbons (Fsp3) is 0.222. The number of likely N-dealkylation sites (tertiary alicyclic amines) is 1. The van der Waals surface area contributed by atoms with E-state index in [9.17, 15) is 18.7 Å². The Morgan fingerprint density at radius 3 is 2.84 bits per heavy atom. The van der Waals surface area contributed by atoms with Gasteiger partial charge in [-0.05, 0) is 36.2 Å². The minimum absolute atomic E-state index is 0.133. The molecule has 1 N–H and O–H groups in total. The molecule has 5 nitrogen and oxygen atoms in total. The zero-order valence-electron chi connectivity index (χ0n) is 13.1. The summed E-state index contributed by atoms with van der Waals surface area (Å²) in [4.78, 5) is 18.7. The summed E-state index contributed by atoms with van der Waals surface area (Å²) < 4.78 is 28.5. The number of benzene rings is 1. The number of carbonyl (C=O) groups excluding carboxylic acids is 1. The lowest BCUT2D eigenvalue weighted by molar-refractivity contribution is 0.0708. The van der Waals surface area contributed by atoms with Crippen molar-refractivity contribution >= 4 is 11.6 Å². The van der Waals surface area contributed by atoms with Crippen molar-refractivity contribution < 1.29 is 18.7 Å². The second kappa shape index (κ2) is 5.93. The Bertz CT molecular complexity index is 956. The van der Waals surface area contributed by atoms with Crippen molar-refractivity contribution in [3.8, 4) is 0 Å². The highest BCUT2D eigenvalue weighted by molar-refractivity contribution is 5.93. The number of amides is 1. The first kappa shape index (κ1) is 15.7. The first-order valence-electron chi connectivity index (χ1n) is 7.90. The fourth-order valence-electron chi connectivity index (χ4n) is 3.34. The average molecular weight is 343 g/mol. The predicted molar refractivity (Wildman–Crippen MR) is 86.0 cm³/mol. The van der Waals surface area contributed by atoms with E-state index in [0.29, 0.717) is 16.9 Å². The SMILES string of the molecule is O=C(c1cccc2nccn12)N1C[C@@H](O)C[C@H]1c1ccc(F)c(F)c1. The maximum absolute atomic E-state index is 13.6. The molecule has 0 bridgehead atoms. The van der Waals surface area contributed by atoms with E-state index in [1.807, 2.05) is 0 Å². The molecule has 0 aliphatic carbocycles. The van der Waals surface area contributed by atoms with Crippen LogP contribution in [0.5, 0.6) is 0 Å². The lowest BCUT2D eigenvalue weighted by Gasteiger charge is -2.25. The molecule has 4 rings (SSSR count). The van der Waals surface area contributed by atoms with Crippen LogP contribution in [-0.2, 0) is 0 Å². The van der Waals surface area contributed by atoms with E-state index < -0.39 is 23.8 Å². The first-order chi connectivity index (χ1) is 12.0. The molecule has 0 radical (unpaired) electrons. The molecule has 1 aromatic carbocycles. The zero-order valence-corrected chi connectivity index (χ0v) is 13.1. The van der Waals surface area contributed by atoms with Gasteiger partial charge >= 0.3 is 0 Å². The van der Waals surface area contributed by atoms with Gasteiger partial charge in [0, 0.05) is 18.9 Å². The van der Waals surface area contributed by atoms with Crippen molar-refractivity contribution in [2.75, 3.05) is 6.54 Å². The number of carbonyl (C=O) groups is 1. The number of β-amino-alcohol motifs (C(OH)–C–C–N with tert-alkyl or cyclic N) is 1. The van der Waals surface area contributed by atoms with Gasteiger partial charge in [0.2, 0.25) is 0 Å². The van der Waals surface area contributed by atoms with Crippen LogP contribution in [0.15, 0.2) is 48.8 Å². The second-order valence-electron chi connectivity index (χ2n) is 6.10. The summed E-state index contributed by atoms with van der Waals surface area (Å²) in [5.41, 5.74) is 1.49. The van der Waals surface area contributed by atoms with Crippen LogP contribution in [-0.4, -0.2) is 37.9 Å². The van der Waals surface area contributed by atoms with E-state index in [1.54, 1.807) is 35.0 Å². The third-order valence-electron chi connectivity index (χ3n) is 4.52. The topological polar surface area (TPSA) is 57.8 Å². The maximum Gasteiger partial charge on any atom is 0.271 e. The van der Waals surface area contributed by atoms with Gasteiger partial charge < -0.3 is 10.0 Å². The van der Waals surface area contributed by atoms with Gasteiger partial charge in [0.1, 0.15) is 11.3 Å². The van der Waals surface area contributed by atoms with Crippen LogP contribution in [0.3, 0.4) is 0 Å². The highest BCUT2D eigenvalue weighted by atomic mass is 19.2. The highest BCUT2D eigenvalue weighted by Crippen LogP contribution is 2.34. The Hall–Kier alpha value is -2.80. The summed E-state index contributed by atoms with van der Waals surface area (Å²) in [5.74, 6) is -2.21. The van der Waals surface area contributed by atoms with Gasteiger partial charge in [-0.25, -0.2) is 13.8 Å². The molecular formula is C18H15F2N3O2. The van der Waals surface area contributed by atoms with Crippen molar-refractivity contribution in [1.82, 2.24) is 14.3 Å². The molecule has 25 heavy (non-hydrogen) atoms. The largest absolute Gasteiger partial charge is 0.391 e. The van der Waals surface area contributed by atoms with Crippen LogP contribution >= 0.6 is 0 Å². The number of halogens is 2. The third-order valence-corrected chi connectivity index (χ3v) is 4.52. The molecule has 1 aliphatic heterocycles. The van der Waals surface area contributed by atoms with E-state index in [-0.39, 0.29) is 18.9 Å². The number of nitrogens with zero attached hydrogens (tertiary/aromatic N) is 3. The van der Waals surface area contributed by atoms with Gasteiger partial charge in [-0.15, -0.1) is 0 Å². The Balaban J connectivity index is 1.73. The number of hydrogen-bond donors (Lipinski definition) is 1. The number of hydrogen-bond acceptors (Lipinski definition) is 3. The van der Waals surface area contributed by atoms with Gasteiger partial charge in [0.25, 0.3) is 5.91 Å². The smallest absolute Gasteiger partial charge is 0.271 e.